The van der Waals surface area contributed by atoms with Crippen LogP contribution in [0.4, 0.5) is 0 Å². The Balaban J connectivity index is 1.83. The third kappa shape index (κ3) is 2.64. The van der Waals surface area contributed by atoms with Gasteiger partial charge in [0, 0.05) is 5.39 Å². The number of hydrogen-bond donors (Lipinski definition) is 0. The van der Waals surface area contributed by atoms with Gasteiger partial charge in [-0.25, -0.2) is 4.79 Å². The van der Waals surface area contributed by atoms with E-state index >= 15 is 0 Å². The van der Waals surface area contributed by atoms with E-state index in [2.05, 4.69) is 24.3 Å². The minimum atomic E-state index is -0.329. The van der Waals surface area contributed by atoms with E-state index in [9.17, 15) is 4.79 Å². The van der Waals surface area contributed by atoms with E-state index in [1.54, 1.807) is 4.57 Å². The Morgan fingerprint density at radius 1 is 0.741 bits per heavy atom. The summed E-state index contributed by atoms with van der Waals surface area (Å²) in [6, 6.07) is 30.4. The summed E-state index contributed by atoms with van der Waals surface area (Å²) in [5.41, 5.74) is 4.75. The summed E-state index contributed by atoms with van der Waals surface area (Å²) in [6.45, 7) is 0.485. The summed E-state index contributed by atoms with van der Waals surface area (Å²) in [5.74, 6) is -0.329. The first-order chi connectivity index (χ1) is 13.3. The average Bonchev–Trinajstić information content (AvgIpc) is 3.04. The van der Waals surface area contributed by atoms with Gasteiger partial charge >= 0.3 is 5.76 Å². The van der Waals surface area contributed by atoms with Crippen molar-refractivity contribution in [3.63, 3.8) is 0 Å². The molecule has 4 aromatic carbocycles. The van der Waals surface area contributed by atoms with Gasteiger partial charge in [0.2, 0.25) is 0 Å². The van der Waals surface area contributed by atoms with Crippen LogP contribution in [0.3, 0.4) is 0 Å². The third-order valence-electron chi connectivity index (χ3n) is 4.94. The van der Waals surface area contributed by atoms with E-state index in [0.717, 1.165) is 33.0 Å². The van der Waals surface area contributed by atoms with Gasteiger partial charge in [-0.2, -0.15) is 0 Å². The number of rotatable bonds is 3. The Morgan fingerprint density at radius 3 is 2.11 bits per heavy atom. The largest absolute Gasteiger partial charge is 0.420 e. The molecule has 0 radical (unpaired) electrons. The normalized spacial score (nSPS) is 11.3. The van der Waals surface area contributed by atoms with E-state index in [1.807, 2.05) is 66.7 Å². The minimum Gasteiger partial charge on any atom is -0.407 e. The first-order valence-corrected chi connectivity index (χ1v) is 8.96. The quantitative estimate of drug-likeness (QED) is 0.432. The van der Waals surface area contributed by atoms with Crippen LogP contribution < -0.4 is 5.76 Å². The lowest BCUT2D eigenvalue weighted by Gasteiger charge is -2.09. The lowest BCUT2D eigenvalue weighted by Crippen LogP contribution is -2.14. The first-order valence-electron chi connectivity index (χ1n) is 8.96. The van der Waals surface area contributed by atoms with Crippen molar-refractivity contribution < 1.29 is 4.42 Å². The molecule has 0 unspecified atom stereocenters. The van der Waals surface area contributed by atoms with Crippen LogP contribution in [0.5, 0.6) is 0 Å². The molecule has 0 N–H and O–H groups in total. The van der Waals surface area contributed by atoms with Crippen LogP contribution in [0.25, 0.3) is 33.0 Å². The van der Waals surface area contributed by atoms with Gasteiger partial charge in [-0.3, -0.25) is 4.57 Å². The van der Waals surface area contributed by atoms with Crippen molar-refractivity contribution in [2.75, 3.05) is 0 Å². The molecule has 0 fully saturated rings. The third-order valence-corrected chi connectivity index (χ3v) is 4.94. The molecule has 0 aliphatic carbocycles. The van der Waals surface area contributed by atoms with E-state index < -0.39 is 0 Å². The second-order valence-corrected chi connectivity index (χ2v) is 6.62. The number of oxazole rings is 1. The van der Waals surface area contributed by atoms with Gasteiger partial charge in [-0.15, -0.1) is 0 Å². The van der Waals surface area contributed by atoms with E-state index in [4.69, 9.17) is 4.42 Å². The number of nitrogens with zero attached hydrogens (tertiary/aromatic N) is 1. The molecule has 0 saturated heterocycles. The molecule has 3 heteroatoms. The zero-order valence-corrected chi connectivity index (χ0v) is 14.6. The highest BCUT2D eigenvalue weighted by Gasteiger charge is 2.16. The second kappa shape index (κ2) is 6.29. The van der Waals surface area contributed by atoms with E-state index in [-0.39, 0.29) is 5.76 Å². The molecule has 0 atom stereocenters. The van der Waals surface area contributed by atoms with Crippen molar-refractivity contribution in [2.45, 2.75) is 6.54 Å². The van der Waals surface area contributed by atoms with Gasteiger partial charge in [-0.05, 0) is 28.1 Å². The predicted molar refractivity (Wildman–Crippen MR) is 109 cm³/mol. The minimum absolute atomic E-state index is 0.329. The Morgan fingerprint density at radius 2 is 1.37 bits per heavy atom. The van der Waals surface area contributed by atoms with Gasteiger partial charge in [0.1, 0.15) is 0 Å². The number of hydrogen-bond acceptors (Lipinski definition) is 2. The Kier molecular flexibility index (Phi) is 3.65. The number of aromatic nitrogens is 1. The molecule has 1 aromatic heterocycles. The number of fused-ring (bicyclic) bond motifs is 3. The van der Waals surface area contributed by atoms with Crippen LogP contribution in [0.1, 0.15) is 5.56 Å². The molecule has 0 amide bonds. The maximum Gasteiger partial charge on any atom is 0.420 e. The molecule has 0 saturated carbocycles. The highest BCUT2D eigenvalue weighted by molar-refractivity contribution is 6.10. The zero-order valence-electron chi connectivity index (χ0n) is 14.6. The van der Waals surface area contributed by atoms with Gasteiger partial charge in [0.15, 0.2) is 5.58 Å². The summed E-state index contributed by atoms with van der Waals surface area (Å²) in [6.07, 6.45) is 0. The van der Waals surface area contributed by atoms with Crippen molar-refractivity contribution in [1.29, 1.82) is 0 Å². The van der Waals surface area contributed by atoms with Crippen molar-refractivity contribution in [3.05, 3.63) is 107 Å². The smallest absolute Gasteiger partial charge is 0.407 e. The summed E-state index contributed by atoms with van der Waals surface area (Å²) >= 11 is 0. The highest BCUT2D eigenvalue weighted by Crippen LogP contribution is 2.34. The maximum atomic E-state index is 12.6. The summed E-state index contributed by atoms with van der Waals surface area (Å²) in [5, 5.41) is 2.04. The summed E-state index contributed by atoms with van der Waals surface area (Å²) in [7, 11) is 0. The highest BCUT2D eigenvalue weighted by atomic mass is 16.4. The molecular weight excluding hydrogens is 334 g/mol. The molecule has 5 rings (SSSR count). The van der Waals surface area contributed by atoms with Crippen molar-refractivity contribution in [2.24, 2.45) is 0 Å². The van der Waals surface area contributed by atoms with Gasteiger partial charge in [0.25, 0.3) is 0 Å². The average molecular weight is 351 g/mol. The monoisotopic (exact) mass is 351 g/mol. The first kappa shape index (κ1) is 15.6. The molecule has 130 valence electrons. The molecular formula is C24H17NO2. The molecule has 27 heavy (non-hydrogen) atoms. The Hall–Kier alpha value is -3.59. The molecule has 3 nitrogen and oxygen atoms in total. The van der Waals surface area contributed by atoms with E-state index in [0.29, 0.717) is 12.1 Å². The topological polar surface area (TPSA) is 35.1 Å². The molecule has 0 aliphatic heterocycles. The Bertz CT molecular complexity index is 1300. The van der Waals surface area contributed by atoms with Gasteiger partial charge in [0.05, 0.1) is 12.1 Å². The summed E-state index contributed by atoms with van der Waals surface area (Å²) < 4.78 is 7.39. The number of benzene rings is 4. The predicted octanol–water partition coefficient (Wildman–Crippen LogP) is 5.46. The van der Waals surface area contributed by atoms with Crippen LogP contribution in [0.15, 0.2) is 100 Å². The van der Waals surface area contributed by atoms with Crippen molar-refractivity contribution in [1.82, 2.24) is 4.57 Å². The molecule has 1 heterocycles. The fourth-order valence-electron chi connectivity index (χ4n) is 3.65. The van der Waals surface area contributed by atoms with Crippen molar-refractivity contribution in [3.8, 4) is 11.1 Å². The SMILES string of the molecule is O=c1oc2c3ccccc3c(-c3ccccc3)cc2n1Cc1ccccc1. The molecule has 0 aliphatic rings. The lowest BCUT2D eigenvalue weighted by atomic mass is 9.97. The second-order valence-electron chi connectivity index (χ2n) is 6.62. The van der Waals surface area contributed by atoms with Crippen LogP contribution in [-0.4, -0.2) is 4.57 Å². The fraction of sp³-hybridized carbons (Fsp3) is 0.0417. The van der Waals surface area contributed by atoms with Crippen LogP contribution in [-0.2, 0) is 6.54 Å². The Labute approximate surface area is 156 Å². The van der Waals surface area contributed by atoms with Crippen molar-refractivity contribution >= 4 is 21.9 Å². The maximum absolute atomic E-state index is 12.6. The standard InChI is InChI=1S/C24H17NO2/c26-24-25(16-17-9-3-1-4-10-17)22-15-21(18-11-5-2-6-12-18)19-13-7-8-14-20(19)23(22)27-24/h1-15H,16H2. The summed E-state index contributed by atoms with van der Waals surface area (Å²) in [4.78, 5) is 12.6. The van der Waals surface area contributed by atoms with Gasteiger partial charge < -0.3 is 4.42 Å². The van der Waals surface area contributed by atoms with E-state index in [1.165, 1.54) is 0 Å². The zero-order chi connectivity index (χ0) is 18.2. The van der Waals surface area contributed by atoms with Crippen LogP contribution in [0.2, 0.25) is 0 Å². The lowest BCUT2D eigenvalue weighted by molar-refractivity contribution is 0.519. The molecule has 0 bridgehead atoms. The van der Waals surface area contributed by atoms with Crippen LogP contribution >= 0.6 is 0 Å². The fourth-order valence-corrected chi connectivity index (χ4v) is 3.65. The molecule has 5 aromatic rings. The van der Waals surface area contributed by atoms with Gasteiger partial charge in [-0.1, -0.05) is 84.9 Å². The molecule has 0 spiro atoms. The van der Waals surface area contributed by atoms with Crippen LogP contribution in [0, 0.1) is 0 Å².